The molecule has 0 radical (unpaired) electrons. The molecule has 0 unspecified atom stereocenters. The highest BCUT2D eigenvalue weighted by molar-refractivity contribution is 5.93. The van der Waals surface area contributed by atoms with Gasteiger partial charge < -0.3 is 10.4 Å². The van der Waals surface area contributed by atoms with Crippen LogP contribution in [0.3, 0.4) is 0 Å². The van der Waals surface area contributed by atoms with Crippen molar-refractivity contribution >= 4 is 17.7 Å². The lowest BCUT2D eigenvalue weighted by atomic mass is 10.1. The number of carboxylic acids is 1. The van der Waals surface area contributed by atoms with Gasteiger partial charge in [-0.1, -0.05) is 19.8 Å². The number of aliphatic carboxylic acids is 1. The van der Waals surface area contributed by atoms with E-state index >= 15 is 0 Å². The first-order valence-corrected chi connectivity index (χ1v) is 6.23. The summed E-state index contributed by atoms with van der Waals surface area (Å²) in [5.41, 5.74) is 0.611. The zero-order valence-electron chi connectivity index (χ0n) is 11.2. The topological polar surface area (TPSA) is 82.5 Å². The van der Waals surface area contributed by atoms with Gasteiger partial charge in [-0.3, -0.25) is 9.88 Å². The molecule has 1 aromatic heterocycles. The Morgan fingerprint density at radius 1 is 1.53 bits per heavy atom. The molecule has 0 saturated carbocycles. The standard InChI is InChI=1S/C13H19N3O3/c1-3-4-7-11(12(17)18)15-13(19)16(2)10-6-5-8-14-9-10/h5-6,8-9,11H,3-4,7H2,1-2H3,(H,15,19)(H,17,18)/t11-/m0/s1. The number of carboxylic acid groups (broad SMARTS) is 1. The summed E-state index contributed by atoms with van der Waals surface area (Å²) in [5, 5.41) is 11.6. The molecule has 1 rings (SSSR count). The lowest BCUT2D eigenvalue weighted by molar-refractivity contribution is -0.139. The summed E-state index contributed by atoms with van der Waals surface area (Å²) in [6.45, 7) is 1.97. The number of unbranched alkanes of at least 4 members (excludes halogenated alkanes) is 1. The number of pyridine rings is 1. The molecule has 104 valence electrons. The number of anilines is 1. The first kappa shape index (κ1) is 14.9. The minimum atomic E-state index is -1.01. The Morgan fingerprint density at radius 2 is 2.26 bits per heavy atom. The van der Waals surface area contributed by atoms with Crippen molar-refractivity contribution in [2.24, 2.45) is 0 Å². The first-order valence-electron chi connectivity index (χ1n) is 6.23. The van der Waals surface area contributed by atoms with Gasteiger partial charge in [0.2, 0.25) is 0 Å². The van der Waals surface area contributed by atoms with E-state index < -0.39 is 18.0 Å². The number of carbonyl (C=O) groups excluding carboxylic acids is 1. The van der Waals surface area contributed by atoms with Crippen molar-refractivity contribution in [3.8, 4) is 0 Å². The molecule has 0 saturated heterocycles. The van der Waals surface area contributed by atoms with Crippen LogP contribution in [0, 0.1) is 0 Å². The second-order valence-electron chi connectivity index (χ2n) is 4.25. The highest BCUT2D eigenvalue weighted by Gasteiger charge is 2.21. The van der Waals surface area contributed by atoms with Gasteiger partial charge >= 0.3 is 12.0 Å². The van der Waals surface area contributed by atoms with Gasteiger partial charge in [-0.15, -0.1) is 0 Å². The Morgan fingerprint density at radius 3 is 2.79 bits per heavy atom. The fourth-order valence-corrected chi connectivity index (χ4v) is 1.58. The van der Waals surface area contributed by atoms with E-state index in [1.54, 1.807) is 31.6 Å². The van der Waals surface area contributed by atoms with E-state index in [1.807, 2.05) is 6.92 Å². The summed E-state index contributed by atoms with van der Waals surface area (Å²) in [5.74, 6) is -1.01. The minimum Gasteiger partial charge on any atom is -0.480 e. The van der Waals surface area contributed by atoms with Crippen LogP contribution in [0.5, 0.6) is 0 Å². The normalized spacial score (nSPS) is 11.7. The summed E-state index contributed by atoms with van der Waals surface area (Å²) >= 11 is 0. The lowest BCUT2D eigenvalue weighted by Crippen LogP contribution is -2.46. The molecule has 0 aromatic carbocycles. The maximum Gasteiger partial charge on any atom is 0.326 e. The fourth-order valence-electron chi connectivity index (χ4n) is 1.58. The van der Waals surface area contributed by atoms with E-state index in [9.17, 15) is 9.59 Å². The van der Waals surface area contributed by atoms with Gasteiger partial charge in [-0.2, -0.15) is 0 Å². The Hall–Kier alpha value is -2.11. The van der Waals surface area contributed by atoms with E-state index in [4.69, 9.17) is 5.11 Å². The third-order valence-corrected chi connectivity index (χ3v) is 2.78. The lowest BCUT2D eigenvalue weighted by Gasteiger charge is -2.21. The van der Waals surface area contributed by atoms with E-state index in [2.05, 4.69) is 10.3 Å². The van der Waals surface area contributed by atoms with Crippen molar-refractivity contribution in [3.63, 3.8) is 0 Å². The quantitative estimate of drug-likeness (QED) is 0.822. The van der Waals surface area contributed by atoms with Gasteiger partial charge in [0, 0.05) is 13.2 Å². The molecular weight excluding hydrogens is 246 g/mol. The molecule has 0 spiro atoms. The molecule has 0 fully saturated rings. The van der Waals surface area contributed by atoms with Gasteiger partial charge in [0.15, 0.2) is 0 Å². The molecule has 1 atom stereocenters. The first-order chi connectivity index (χ1) is 9.06. The van der Waals surface area contributed by atoms with Crippen LogP contribution in [-0.2, 0) is 4.79 Å². The molecule has 19 heavy (non-hydrogen) atoms. The number of nitrogens with one attached hydrogen (secondary N) is 1. The second-order valence-corrected chi connectivity index (χ2v) is 4.25. The molecule has 0 bridgehead atoms. The molecule has 0 aliphatic rings. The van der Waals surface area contributed by atoms with Gasteiger partial charge in [0.05, 0.1) is 11.9 Å². The highest BCUT2D eigenvalue weighted by atomic mass is 16.4. The number of amides is 2. The summed E-state index contributed by atoms with van der Waals surface area (Å²) in [6.07, 6.45) is 5.22. The zero-order chi connectivity index (χ0) is 14.3. The van der Waals surface area contributed by atoms with Crippen LogP contribution in [0.1, 0.15) is 26.2 Å². The monoisotopic (exact) mass is 265 g/mol. The number of urea groups is 1. The van der Waals surface area contributed by atoms with Crippen LogP contribution >= 0.6 is 0 Å². The average molecular weight is 265 g/mol. The van der Waals surface area contributed by atoms with Crippen molar-refractivity contribution in [1.29, 1.82) is 0 Å². The highest BCUT2D eigenvalue weighted by Crippen LogP contribution is 2.10. The molecule has 1 heterocycles. The van der Waals surface area contributed by atoms with Crippen LogP contribution in [0.25, 0.3) is 0 Å². The molecule has 2 amide bonds. The van der Waals surface area contributed by atoms with Crippen molar-refractivity contribution < 1.29 is 14.7 Å². The van der Waals surface area contributed by atoms with Gasteiger partial charge in [-0.05, 0) is 18.6 Å². The predicted molar refractivity (Wildman–Crippen MR) is 72.1 cm³/mol. The molecule has 6 nitrogen and oxygen atoms in total. The summed E-state index contributed by atoms with van der Waals surface area (Å²) in [7, 11) is 1.57. The van der Waals surface area contributed by atoms with Gasteiger partial charge in [0.1, 0.15) is 6.04 Å². The third kappa shape index (κ3) is 4.57. The molecular formula is C13H19N3O3. The summed E-state index contributed by atoms with van der Waals surface area (Å²) in [4.78, 5) is 28.3. The summed E-state index contributed by atoms with van der Waals surface area (Å²) in [6, 6.07) is 2.14. The predicted octanol–water partition coefficient (Wildman–Crippen LogP) is 1.87. The SMILES string of the molecule is CCCC[C@H](NC(=O)N(C)c1cccnc1)C(=O)O. The number of hydrogen-bond acceptors (Lipinski definition) is 3. The molecule has 1 aromatic rings. The summed E-state index contributed by atoms with van der Waals surface area (Å²) < 4.78 is 0. The number of hydrogen-bond donors (Lipinski definition) is 2. The van der Waals surface area contributed by atoms with Crippen LogP contribution in [0.2, 0.25) is 0 Å². The Kier molecular flexibility index (Phi) is 5.78. The largest absolute Gasteiger partial charge is 0.480 e. The Balaban J connectivity index is 2.64. The van der Waals surface area contributed by atoms with E-state index in [0.29, 0.717) is 12.1 Å². The minimum absolute atomic E-state index is 0.429. The molecule has 2 N–H and O–H groups in total. The van der Waals surface area contributed by atoms with E-state index in [-0.39, 0.29) is 0 Å². The zero-order valence-corrected chi connectivity index (χ0v) is 11.2. The van der Waals surface area contributed by atoms with E-state index in [0.717, 1.165) is 12.8 Å². The van der Waals surface area contributed by atoms with Crippen molar-refractivity contribution in [2.75, 3.05) is 11.9 Å². The van der Waals surface area contributed by atoms with Crippen LogP contribution in [0.15, 0.2) is 24.5 Å². The maximum atomic E-state index is 11.9. The van der Waals surface area contributed by atoms with Crippen LogP contribution < -0.4 is 10.2 Å². The maximum absolute atomic E-state index is 11.9. The van der Waals surface area contributed by atoms with Crippen molar-refractivity contribution in [2.45, 2.75) is 32.2 Å². The molecule has 0 aliphatic heterocycles. The van der Waals surface area contributed by atoms with Crippen LogP contribution in [0.4, 0.5) is 10.5 Å². The molecule has 0 aliphatic carbocycles. The van der Waals surface area contributed by atoms with Gasteiger partial charge in [-0.25, -0.2) is 9.59 Å². The number of carbonyl (C=O) groups is 2. The van der Waals surface area contributed by atoms with E-state index in [1.165, 1.54) is 4.90 Å². The van der Waals surface area contributed by atoms with Crippen molar-refractivity contribution in [3.05, 3.63) is 24.5 Å². The second kappa shape index (κ2) is 7.35. The Bertz CT molecular complexity index is 422. The number of rotatable bonds is 6. The Labute approximate surface area is 112 Å². The third-order valence-electron chi connectivity index (χ3n) is 2.78. The number of nitrogens with zero attached hydrogens (tertiary/aromatic N) is 2. The smallest absolute Gasteiger partial charge is 0.326 e. The molecule has 6 heteroatoms. The van der Waals surface area contributed by atoms with Gasteiger partial charge in [0.25, 0.3) is 0 Å². The average Bonchev–Trinajstić information content (AvgIpc) is 2.43. The van der Waals surface area contributed by atoms with Crippen LogP contribution in [-0.4, -0.2) is 35.2 Å². The van der Waals surface area contributed by atoms with Crippen molar-refractivity contribution in [1.82, 2.24) is 10.3 Å². The number of aromatic nitrogens is 1. The fraction of sp³-hybridized carbons (Fsp3) is 0.462.